The first kappa shape index (κ1) is 36.4. The van der Waals surface area contributed by atoms with E-state index in [1.165, 1.54) is 52.3 Å². The van der Waals surface area contributed by atoms with Gasteiger partial charge in [0.05, 0.1) is 10.8 Å². The number of phenolic OH excluding ortho intramolecular Hbond substituents is 1. The molecule has 3 amide bonds. The molecule has 2 aliphatic rings. The topological polar surface area (TPSA) is 177 Å². The number of aromatic nitrogens is 1. The lowest BCUT2D eigenvalue weighted by Gasteiger charge is -2.49. The molecule has 0 bridgehead atoms. The average Bonchev–Trinajstić information content (AvgIpc) is 3.07. The minimum atomic E-state index is -1.23. The number of pyridine rings is 1. The van der Waals surface area contributed by atoms with Crippen LogP contribution in [0.2, 0.25) is 10.0 Å². The van der Waals surface area contributed by atoms with Crippen LogP contribution in [0.5, 0.6) is 5.75 Å². The van der Waals surface area contributed by atoms with E-state index < -0.39 is 47.1 Å². The number of hydrogen-bond donors (Lipinski definition) is 5. The van der Waals surface area contributed by atoms with Crippen molar-refractivity contribution in [3.05, 3.63) is 93.9 Å². The molecule has 3 atom stereocenters. The van der Waals surface area contributed by atoms with Crippen LogP contribution in [-0.4, -0.2) is 84.6 Å². The molecule has 3 aromatic rings. The zero-order valence-electron chi connectivity index (χ0n) is 25.4. The number of nitrogens with zero attached hydrogens (tertiary/aromatic N) is 2. The molecule has 1 aromatic heterocycles. The molecule has 5 rings (SSSR count). The van der Waals surface area contributed by atoms with Crippen LogP contribution in [0.3, 0.4) is 0 Å². The van der Waals surface area contributed by atoms with Crippen LogP contribution in [0.1, 0.15) is 5.56 Å². The maximum Gasteiger partial charge on any atom is 0.352 e. The summed E-state index contributed by atoms with van der Waals surface area (Å²) in [5.74, 6) is -3.11. The monoisotopic (exact) mass is 763 g/mol. The number of hydrogen-bond acceptors (Lipinski definition) is 9. The number of nitrogens with one attached hydrogen (secondary N) is 2. The quantitative estimate of drug-likeness (QED) is 0.0924. The van der Waals surface area contributed by atoms with E-state index in [1.807, 2.05) is 0 Å². The second-order valence-electron chi connectivity index (χ2n) is 10.9. The maximum atomic E-state index is 13.0. The summed E-state index contributed by atoms with van der Waals surface area (Å²) < 4.78 is 1.58. The first-order valence-electron chi connectivity index (χ1n) is 14.6. The Morgan fingerprint density at radius 2 is 1.71 bits per heavy atom. The Balaban J connectivity index is 1.13. The van der Waals surface area contributed by atoms with Crippen LogP contribution in [0.25, 0.3) is 0 Å². The number of carbonyl (C=O) groups excluding carboxylic acids is 3. The molecule has 3 heterocycles. The highest BCUT2D eigenvalue weighted by Gasteiger charge is 2.54. The van der Waals surface area contributed by atoms with E-state index >= 15 is 0 Å². The number of β-lactam (4-membered cyclic amide) rings is 1. The third-order valence-electron chi connectivity index (χ3n) is 7.43. The molecule has 0 saturated carbocycles. The van der Waals surface area contributed by atoms with Crippen molar-refractivity contribution in [3.8, 4) is 5.75 Å². The molecule has 12 nitrogen and oxygen atoms in total. The fourth-order valence-electron chi connectivity index (χ4n) is 5.03. The summed E-state index contributed by atoms with van der Waals surface area (Å²) in [6, 6.07) is 12.5. The molecule has 0 aliphatic carbocycles. The number of carboxylic acid groups (broad SMARTS) is 2. The van der Waals surface area contributed by atoms with Gasteiger partial charge in [-0.15, -0.1) is 35.3 Å². The van der Waals surface area contributed by atoms with E-state index in [2.05, 4.69) is 10.6 Å². The molecule has 17 heteroatoms. The van der Waals surface area contributed by atoms with E-state index in [0.717, 1.165) is 4.90 Å². The van der Waals surface area contributed by atoms with Crippen molar-refractivity contribution < 1.29 is 43.9 Å². The number of amides is 3. The fraction of sp³-hybridized carbons (Fsp3) is 0.250. The number of carbonyl (C=O) groups is 5. The predicted octanol–water partition coefficient (Wildman–Crippen LogP) is 3.42. The van der Waals surface area contributed by atoms with Crippen molar-refractivity contribution in [2.75, 3.05) is 17.3 Å². The van der Waals surface area contributed by atoms with Crippen molar-refractivity contribution in [2.24, 2.45) is 0 Å². The SMILES string of the molecule is O=C(C[n+]1ccc(SCC2=C(C(=O)O)N3C(=O)[C@@H](NC(=O)CSc4cc(Cl)ccc4Cl)[C@H]3SC2)cc1)NC(Cc1ccc(O)cc1)C(=O)O. The van der Waals surface area contributed by atoms with E-state index in [9.17, 15) is 39.3 Å². The number of rotatable bonds is 14. The molecule has 1 fully saturated rings. The van der Waals surface area contributed by atoms with Crippen LogP contribution in [0.15, 0.2) is 88.1 Å². The van der Waals surface area contributed by atoms with Gasteiger partial charge in [-0.3, -0.25) is 19.3 Å². The maximum absolute atomic E-state index is 13.0. The number of phenols is 1. The second-order valence-corrected chi connectivity index (χ2v) is 14.9. The van der Waals surface area contributed by atoms with Crippen molar-refractivity contribution in [1.82, 2.24) is 15.5 Å². The molecule has 5 N–H and O–H groups in total. The lowest BCUT2D eigenvalue weighted by atomic mass is 10.0. The Morgan fingerprint density at radius 1 is 1.00 bits per heavy atom. The van der Waals surface area contributed by atoms with Gasteiger partial charge < -0.3 is 26.0 Å². The number of carboxylic acids is 2. The smallest absolute Gasteiger partial charge is 0.352 e. The van der Waals surface area contributed by atoms with Gasteiger partial charge in [0.25, 0.3) is 11.8 Å². The van der Waals surface area contributed by atoms with Gasteiger partial charge in [-0.2, -0.15) is 4.57 Å². The molecule has 2 aliphatic heterocycles. The highest BCUT2D eigenvalue weighted by Crippen LogP contribution is 2.41. The molecule has 0 radical (unpaired) electrons. The van der Waals surface area contributed by atoms with E-state index in [4.69, 9.17) is 23.2 Å². The number of fused-ring (bicyclic) bond motifs is 1. The van der Waals surface area contributed by atoms with Crippen molar-refractivity contribution in [2.45, 2.75) is 40.2 Å². The summed E-state index contributed by atoms with van der Waals surface area (Å²) in [5, 5.41) is 34.6. The van der Waals surface area contributed by atoms with Gasteiger partial charge >= 0.3 is 11.9 Å². The summed E-state index contributed by atoms with van der Waals surface area (Å²) >= 11 is 16.1. The van der Waals surface area contributed by atoms with Crippen LogP contribution in [0.4, 0.5) is 0 Å². The van der Waals surface area contributed by atoms with Crippen LogP contribution < -0.4 is 15.2 Å². The minimum absolute atomic E-state index is 0.00360. The van der Waals surface area contributed by atoms with E-state index in [-0.39, 0.29) is 30.2 Å². The standard InChI is InChI=1S/C32H28Cl2N4O8S3/c33-19-3-6-22(34)24(12-19)48-16-26(41)36-27-29(42)38-28(32(45)46)18(15-49-30(27)38)14-47-21-7-9-37(10-8-21)13-25(40)35-23(31(43)44)11-17-1-4-20(39)5-2-17/h1-10,12,23,27,30H,11,13-16H2,(H4-,35,36,39,40,41,43,44,45,46)/p+1/t23?,27-,30-/m1/s1. The van der Waals surface area contributed by atoms with Gasteiger partial charge in [0, 0.05) is 44.9 Å². The number of aromatic hydroxyl groups is 1. The Labute approximate surface area is 303 Å². The van der Waals surface area contributed by atoms with Crippen LogP contribution in [-0.2, 0) is 36.9 Å². The number of benzene rings is 2. The molecular weight excluding hydrogens is 735 g/mol. The summed E-state index contributed by atoms with van der Waals surface area (Å²) in [5.41, 5.74) is 1.12. The Morgan fingerprint density at radius 3 is 2.39 bits per heavy atom. The highest BCUT2D eigenvalue weighted by molar-refractivity contribution is 8.01. The lowest BCUT2D eigenvalue weighted by molar-refractivity contribution is -0.684. The van der Waals surface area contributed by atoms with Crippen molar-refractivity contribution in [3.63, 3.8) is 0 Å². The van der Waals surface area contributed by atoms with E-state index in [0.29, 0.717) is 37.6 Å². The number of halogens is 2. The summed E-state index contributed by atoms with van der Waals surface area (Å²) in [7, 11) is 0. The molecular formula is C32H29Cl2N4O8S3+. The Kier molecular flexibility index (Phi) is 12.0. The van der Waals surface area contributed by atoms with Gasteiger partial charge in [0.15, 0.2) is 12.4 Å². The molecule has 49 heavy (non-hydrogen) atoms. The molecule has 256 valence electrons. The molecule has 1 unspecified atom stereocenters. The van der Waals surface area contributed by atoms with Gasteiger partial charge in [-0.25, -0.2) is 9.59 Å². The average molecular weight is 765 g/mol. The van der Waals surface area contributed by atoms with E-state index in [1.54, 1.807) is 59.4 Å². The number of aliphatic carboxylic acids is 2. The van der Waals surface area contributed by atoms with Crippen molar-refractivity contribution in [1.29, 1.82) is 0 Å². The predicted molar refractivity (Wildman–Crippen MR) is 186 cm³/mol. The third-order valence-corrected chi connectivity index (χ3v) is 11.6. The van der Waals surface area contributed by atoms with Crippen LogP contribution >= 0.6 is 58.5 Å². The zero-order valence-corrected chi connectivity index (χ0v) is 29.3. The lowest BCUT2D eigenvalue weighted by Crippen LogP contribution is -2.70. The van der Waals surface area contributed by atoms with Gasteiger partial charge in [-0.1, -0.05) is 35.3 Å². The van der Waals surface area contributed by atoms with Gasteiger partial charge in [0.2, 0.25) is 12.5 Å². The first-order chi connectivity index (χ1) is 23.4. The minimum Gasteiger partial charge on any atom is -0.508 e. The number of thioether (sulfide) groups is 3. The summed E-state index contributed by atoms with van der Waals surface area (Å²) in [4.78, 5) is 64.9. The second kappa shape index (κ2) is 16.2. The van der Waals surface area contributed by atoms with Gasteiger partial charge in [-0.05, 0) is 41.5 Å². The summed E-state index contributed by atoms with van der Waals surface area (Å²) in [6.45, 7) is -0.127. The Hall–Kier alpha value is -3.89. The van der Waals surface area contributed by atoms with Crippen molar-refractivity contribution >= 4 is 88.1 Å². The highest BCUT2D eigenvalue weighted by atomic mass is 35.5. The summed E-state index contributed by atoms with van der Waals surface area (Å²) in [6.07, 6.45) is 3.36. The zero-order chi connectivity index (χ0) is 35.2. The van der Waals surface area contributed by atoms with Crippen LogP contribution in [0, 0.1) is 0 Å². The molecule has 2 aromatic carbocycles. The fourth-order valence-corrected chi connectivity index (χ4v) is 8.70. The largest absolute Gasteiger partial charge is 0.508 e. The van der Waals surface area contributed by atoms with Gasteiger partial charge in [0.1, 0.15) is 28.9 Å². The first-order valence-corrected chi connectivity index (χ1v) is 18.4. The molecule has 1 saturated heterocycles. The Bertz CT molecular complexity index is 1810. The molecule has 0 spiro atoms. The normalized spacial score (nSPS) is 17.5. The third kappa shape index (κ3) is 9.22.